The molecule has 128 valence electrons. The number of benzene rings is 1. The highest BCUT2D eigenvalue weighted by Gasteiger charge is 2.13. The SMILES string of the molecule is Cc1ccc(C(=O)NCC(=O)N(C)CCOc2ccccc2F)s1. The summed E-state index contributed by atoms with van der Waals surface area (Å²) in [6.45, 7) is 2.28. The maximum Gasteiger partial charge on any atom is 0.261 e. The van der Waals surface area contributed by atoms with E-state index in [-0.39, 0.29) is 30.7 Å². The predicted octanol–water partition coefficient (Wildman–Crippen LogP) is 2.46. The molecule has 7 heteroatoms. The number of amides is 2. The zero-order valence-corrected chi connectivity index (χ0v) is 14.4. The Morgan fingerprint density at radius 1 is 1.25 bits per heavy atom. The van der Waals surface area contributed by atoms with E-state index in [9.17, 15) is 14.0 Å². The van der Waals surface area contributed by atoms with Crippen molar-refractivity contribution < 1.29 is 18.7 Å². The van der Waals surface area contributed by atoms with Gasteiger partial charge in [0, 0.05) is 11.9 Å². The molecule has 1 aromatic carbocycles. The molecule has 0 fully saturated rings. The Labute approximate surface area is 144 Å². The van der Waals surface area contributed by atoms with Crippen LogP contribution in [0.25, 0.3) is 0 Å². The molecule has 0 aliphatic heterocycles. The summed E-state index contributed by atoms with van der Waals surface area (Å²) in [5.41, 5.74) is 0. The second-order valence-corrected chi connectivity index (χ2v) is 6.48. The molecule has 0 radical (unpaired) electrons. The molecule has 1 aromatic heterocycles. The number of para-hydroxylation sites is 1. The van der Waals surface area contributed by atoms with Crippen LogP contribution in [-0.2, 0) is 4.79 Å². The Morgan fingerprint density at radius 2 is 2.00 bits per heavy atom. The van der Waals surface area contributed by atoms with Crippen LogP contribution in [0.5, 0.6) is 5.75 Å². The average molecular weight is 350 g/mol. The number of hydrogen-bond donors (Lipinski definition) is 1. The Hall–Kier alpha value is -2.41. The van der Waals surface area contributed by atoms with Crippen LogP contribution >= 0.6 is 11.3 Å². The van der Waals surface area contributed by atoms with Gasteiger partial charge in [-0.15, -0.1) is 11.3 Å². The number of thiophene rings is 1. The van der Waals surface area contributed by atoms with E-state index >= 15 is 0 Å². The summed E-state index contributed by atoms with van der Waals surface area (Å²) in [7, 11) is 1.61. The second-order valence-electron chi connectivity index (χ2n) is 5.19. The topological polar surface area (TPSA) is 58.6 Å². The largest absolute Gasteiger partial charge is 0.489 e. The quantitative estimate of drug-likeness (QED) is 0.834. The van der Waals surface area contributed by atoms with E-state index in [1.165, 1.54) is 28.4 Å². The second kappa shape index (κ2) is 8.44. The van der Waals surface area contributed by atoms with Crippen LogP contribution in [0.4, 0.5) is 4.39 Å². The number of ether oxygens (including phenoxy) is 1. The van der Waals surface area contributed by atoms with E-state index in [0.29, 0.717) is 11.4 Å². The van der Waals surface area contributed by atoms with Gasteiger partial charge < -0.3 is 15.0 Å². The highest BCUT2D eigenvalue weighted by Crippen LogP contribution is 2.15. The summed E-state index contributed by atoms with van der Waals surface area (Å²) in [5.74, 6) is -0.795. The van der Waals surface area contributed by atoms with E-state index in [2.05, 4.69) is 5.32 Å². The lowest BCUT2D eigenvalue weighted by atomic mass is 10.3. The average Bonchev–Trinajstić information content (AvgIpc) is 3.00. The predicted molar refractivity (Wildman–Crippen MR) is 90.9 cm³/mol. The van der Waals surface area contributed by atoms with Crippen molar-refractivity contribution in [2.45, 2.75) is 6.92 Å². The lowest BCUT2D eigenvalue weighted by Gasteiger charge is -2.17. The maximum atomic E-state index is 13.4. The van der Waals surface area contributed by atoms with Gasteiger partial charge >= 0.3 is 0 Å². The molecular weight excluding hydrogens is 331 g/mol. The van der Waals surface area contributed by atoms with Crippen molar-refractivity contribution in [2.24, 2.45) is 0 Å². The summed E-state index contributed by atoms with van der Waals surface area (Å²) in [6.07, 6.45) is 0. The molecule has 0 bridgehead atoms. The summed E-state index contributed by atoms with van der Waals surface area (Å²) in [4.78, 5) is 26.9. The third kappa shape index (κ3) is 5.06. The number of nitrogens with one attached hydrogen (secondary N) is 1. The first-order valence-electron chi connectivity index (χ1n) is 7.43. The minimum atomic E-state index is -0.440. The Balaban J connectivity index is 1.72. The maximum absolute atomic E-state index is 13.4. The third-order valence-corrected chi connectivity index (χ3v) is 4.31. The highest BCUT2D eigenvalue weighted by atomic mass is 32.1. The van der Waals surface area contributed by atoms with Gasteiger partial charge in [0.25, 0.3) is 5.91 Å². The lowest BCUT2D eigenvalue weighted by Crippen LogP contribution is -2.39. The first kappa shape index (κ1) is 17.9. The first-order valence-corrected chi connectivity index (χ1v) is 8.25. The molecule has 0 aliphatic carbocycles. The Bertz CT molecular complexity index is 717. The number of likely N-dealkylation sites (N-methyl/N-ethyl adjacent to an activating group) is 1. The molecule has 2 aromatic rings. The van der Waals surface area contributed by atoms with Gasteiger partial charge in [0.1, 0.15) is 6.61 Å². The van der Waals surface area contributed by atoms with Crippen LogP contribution in [0.15, 0.2) is 36.4 Å². The van der Waals surface area contributed by atoms with Crippen LogP contribution in [0.2, 0.25) is 0 Å². The van der Waals surface area contributed by atoms with Gasteiger partial charge in [0.05, 0.1) is 18.0 Å². The van der Waals surface area contributed by atoms with Crippen molar-refractivity contribution >= 4 is 23.2 Å². The van der Waals surface area contributed by atoms with Gasteiger partial charge in [0.15, 0.2) is 11.6 Å². The number of nitrogens with zero attached hydrogens (tertiary/aromatic N) is 1. The number of halogens is 1. The van der Waals surface area contributed by atoms with Crippen LogP contribution in [0.1, 0.15) is 14.5 Å². The van der Waals surface area contributed by atoms with Crippen LogP contribution < -0.4 is 10.1 Å². The van der Waals surface area contributed by atoms with Crippen LogP contribution in [-0.4, -0.2) is 43.5 Å². The van der Waals surface area contributed by atoms with Crippen molar-refractivity contribution in [3.63, 3.8) is 0 Å². The first-order chi connectivity index (χ1) is 11.5. The summed E-state index contributed by atoms with van der Waals surface area (Å²) >= 11 is 1.38. The highest BCUT2D eigenvalue weighted by molar-refractivity contribution is 7.13. The standard InChI is InChI=1S/C17H19FN2O3S/c1-12-7-8-15(24-12)17(22)19-11-16(21)20(2)9-10-23-14-6-4-3-5-13(14)18/h3-8H,9-11H2,1-2H3,(H,19,22). The normalized spacial score (nSPS) is 10.3. The number of aryl methyl sites for hydroxylation is 1. The monoisotopic (exact) mass is 350 g/mol. The van der Waals surface area contributed by atoms with Gasteiger partial charge in [-0.2, -0.15) is 0 Å². The number of carbonyl (C=O) groups is 2. The molecule has 24 heavy (non-hydrogen) atoms. The van der Waals surface area contributed by atoms with E-state index in [1.807, 2.05) is 13.0 Å². The zero-order valence-electron chi connectivity index (χ0n) is 13.5. The van der Waals surface area contributed by atoms with E-state index in [0.717, 1.165) is 4.88 Å². The van der Waals surface area contributed by atoms with Crippen LogP contribution in [0, 0.1) is 12.7 Å². The minimum Gasteiger partial charge on any atom is -0.489 e. The molecule has 0 unspecified atom stereocenters. The van der Waals surface area contributed by atoms with Gasteiger partial charge in [-0.3, -0.25) is 9.59 Å². The molecule has 1 N–H and O–H groups in total. The fourth-order valence-electron chi connectivity index (χ4n) is 1.91. The Kier molecular flexibility index (Phi) is 6.31. The molecule has 0 spiro atoms. The molecule has 0 saturated heterocycles. The summed E-state index contributed by atoms with van der Waals surface area (Å²) in [6, 6.07) is 9.68. The van der Waals surface area contributed by atoms with Crippen molar-refractivity contribution in [2.75, 3.05) is 26.7 Å². The van der Waals surface area contributed by atoms with Gasteiger partial charge in [-0.05, 0) is 31.2 Å². The molecule has 0 saturated carbocycles. The smallest absolute Gasteiger partial charge is 0.261 e. The van der Waals surface area contributed by atoms with Crippen molar-refractivity contribution in [1.29, 1.82) is 0 Å². The molecule has 1 heterocycles. The minimum absolute atomic E-state index is 0.0913. The molecule has 2 rings (SSSR count). The van der Waals surface area contributed by atoms with E-state index in [1.54, 1.807) is 25.2 Å². The molecule has 2 amide bonds. The fourth-order valence-corrected chi connectivity index (χ4v) is 2.70. The van der Waals surface area contributed by atoms with Crippen molar-refractivity contribution in [3.05, 3.63) is 52.0 Å². The Morgan fingerprint density at radius 3 is 2.67 bits per heavy atom. The van der Waals surface area contributed by atoms with Crippen LogP contribution in [0.3, 0.4) is 0 Å². The van der Waals surface area contributed by atoms with Crippen molar-refractivity contribution in [1.82, 2.24) is 10.2 Å². The van der Waals surface area contributed by atoms with E-state index < -0.39 is 5.82 Å². The van der Waals surface area contributed by atoms with Gasteiger partial charge in [-0.25, -0.2) is 4.39 Å². The molecule has 0 atom stereocenters. The van der Waals surface area contributed by atoms with Crippen molar-refractivity contribution in [3.8, 4) is 5.75 Å². The third-order valence-electron chi connectivity index (χ3n) is 3.31. The fraction of sp³-hybridized carbons (Fsp3) is 0.294. The molecule has 0 aliphatic rings. The van der Waals surface area contributed by atoms with E-state index in [4.69, 9.17) is 4.74 Å². The summed E-state index contributed by atoms with van der Waals surface area (Å²) < 4.78 is 18.7. The van der Waals surface area contributed by atoms with Gasteiger partial charge in [-0.1, -0.05) is 12.1 Å². The number of carbonyl (C=O) groups excluding carboxylic acids is 2. The summed E-state index contributed by atoms with van der Waals surface area (Å²) in [5, 5.41) is 2.59. The lowest BCUT2D eigenvalue weighted by molar-refractivity contribution is -0.129. The number of rotatable bonds is 7. The molecular formula is C17H19FN2O3S. The van der Waals surface area contributed by atoms with Gasteiger partial charge in [0.2, 0.25) is 5.91 Å². The zero-order chi connectivity index (χ0) is 17.5. The molecule has 5 nitrogen and oxygen atoms in total. The number of hydrogen-bond acceptors (Lipinski definition) is 4.